The lowest BCUT2D eigenvalue weighted by Crippen LogP contribution is -2.13. The second-order valence-corrected chi connectivity index (χ2v) is 6.41. The van der Waals surface area contributed by atoms with Gasteiger partial charge in [0.2, 0.25) is 5.91 Å². The number of carbonyl (C=O) groups excluding carboxylic acids is 1. The molecule has 28 heavy (non-hydrogen) atoms. The molecule has 0 atom stereocenters. The Kier molecular flexibility index (Phi) is 6.37. The molecule has 0 aliphatic carbocycles. The summed E-state index contributed by atoms with van der Waals surface area (Å²) in [5.74, 6) is 0.630. The zero-order valence-electron chi connectivity index (χ0n) is 15.8. The van der Waals surface area contributed by atoms with Crippen molar-refractivity contribution < 1.29 is 4.79 Å². The number of hydrogen-bond donors (Lipinski definition) is 2. The molecule has 1 amide bonds. The molecule has 140 valence electrons. The van der Waals surface area contributed by atoms with Crippen LogP contribution in [0.25, 0.3) is 11.1 Å². The van der Waals surface area contributed by atoms with Gasteiger partial charge in [-0.1, -0.05) is 49.4 Å². The summed E-state index contributed by atoms with van der Waals surface area (Å²) in [5.41, 5.74) is 4.35. The number of anilines is 2. The molecule has 5 heteroatoms. The van der Waals surface area contributed by atoms with E-state index in [-0.39, 0.29) is 5.91 Å². The maximum absolute atomic E-state index is 11.9. The molecular formula is C23H22N4O. The van der Waals surface area contributed by atoms with Crippen LogP contribution in [0.3, 0.4) is 0 Å². The number of pyridine rings is 1. The Labute approximate surface area is 165 Å². The van der Waals surface area contributed by atoms with E-state index in [0.717, 1.165) is 23.1 Å². The monoisotopic (exact) mass is 370 g/mol. The van der Waals surface area contributed by atoms with Crippen molar-refractivity contribution in [3.05, 3.63) is 78.0 Å². The molecule has 1 aromatic heterocycles. The largest absolute Gasteiger partial charge is 0.364 e. The highest BCUT2D eigenvalue weighted by molar-refractivity contribution is 5.93. The van der Waals surface area contributed by atoms with Crippen LogP contribution in [0.4, 0.5) is 11.5 Å². The summed E-state index contributed by atoms with van der Waals surface area (Å²) < 4.78 is 0. The average molecular weight is 370 g/mol. The predicted octanol–water partition coefficient (Wildman–Crippen LogP) is 4.97. The molecule has 0 radical (unpaired) electrons. The van der Waals surface area contributed by atoms with Gasteiger partial charge in [-0.15, -0.1) is 0 Å². The lowest BCUT2D eigenvalue weighted by Gasteiger charge is -2.12. The molecule has 3 aromatic rings. The van der Waals surface area contributed by atoms with Crippen molar-refractivity contribution in [1.29, 1.82) is 5.26 Å². The highest BCUT2D eigenvalue weighted by Crippen LogP contribution is 2.24. The zero-order chi connectivity index (χ0) is 19.8. The van der Waals surface area contributed by atoms with Crippen molar-refractivity contribution in [1.82, 2.24) is 4.98 Å². The van der Waals surface area contributed by atoms with Gasteiger partial charge >= 0.3 is 0 Å². The van der Waals surface area contributed by atoms with Crippen molar-refractivity contribution in [2.75, 3.05) is 10.6 Å². The summed E-state index contributed by atoms with van der Waals surface area (Å²) in [7, 11) is 0. The predicted molar refractivity (Wildman–Crippen MR) is 112 cm³/mol. The van der Waals surface area contributed by atoms with Gasteiger partial charge in [-0.25, -0.2) is 4.98 Å². The van der Waals surface area contributed by atoms with Gasteiger partial charge in [0.1, 0.15) is 5.82 Å². The van der Waals surface area contributed by atoms with Crippen LogP contribution >= 0.6 is 0 Å². The van der Waals surface area contributed by atoms with Gasteiger partial charge < -0.3 is 10.6 Å². The summed E-state index contributed by atoms with van der Waals surface area (Å²) in [6.45, 7) is 2.55. The van der Waals surface area contributed by atoms with Crippen LogP contribution in [-0.2, 0) is 11.3 Å². The van der Waals surface area contributed by atoms with E-state index >= 15 is 0 Å². The van der Waals surface area contributed by atoms with Gasteiger partial charge in [-0.3, -0.25) is 4.79 Å². The lowest BCUT2D eigenvalue weighted by atomic mass is 9.99. The van der Waals surface area contributed by atoms with Crippen molar-refractivity contribution in [3.63, 3.8) is 0 Å². The Morgan fingerprint density at radius 3 is 2.61 bits per heavy atom. The summed E-state index contributed by atoms with van der Waals surface area (Å²) in [5, 5.41) is 15.4. The van der Waals surface area contributed by atoms with Gasteiger partial charge in [0, 0.05) is 19.2 Å². The van der Waals surface area contributed by atoms with Gasteiger partial charge in [-0.05, 0) is 41.3 Å². The van der Waals surface area contributed by atoms with Crippen LogP contribution in [0.5, 0.6) is 0 Å². The van der Waals surface area contributed by atoms with Crippen LogP contribution < -0.4 is 10.6 Å². The second-order valence-electron chi connectivity index (χ2n) is 6.41. The third-order valence-electron chi connectivity index (χ3n) is 4.33. The molecule has 0 saturated heterocycles. The SMILES string of the molecule is CCCC(=O)Nc1cccnc1NCc1ccc(-c2ccccc2C#N)cc1. The van der Waals surface area contributed by atoms with E-state index in [1.54, 1.807) is 12.3 Å². The first-order chi connectivity index (χ1) is 13.7. The molecule has 3 rings (SSSR count). The molecular weight excluding hydrogens is 348 g/mol. The fourth-order valence-electron chi connectivity index (χ4n) is 2.91. The number of amides is 1. The first-order valence-corrected chi connectivity index (χ1v) is 9.28. The van der Waals surface area contributed by atoms with E-state index in [1.165, 1.54) is 0 Å². The smallest absolute Gasteiger partial charge is 0.224 e. The number of benzene rings is 2. The van der Waals surface area contributed by atoms with E-state index in [1.807, 2.05) is 61.5 Å². The molecule has 0 fully saturated rings. The molecule has 0 bridgehead atoms. The van der Waals surface area contributed by atoms with Gasteiger partial charge in [0.25, 0.3) is 0 Å². The molecule has 0 saturated carbocycles. The normalized spacial score (nSPS) is 10.1. The van der Waals surface area contributed by atoms with E-state index in [4.69, 9.17) is 0 Å². The summed E-state index contributed by atoms with van der Waals surface area (Å²) >= 11 is 0. The van der Waals surface area contributed by atoms with Crippen molar-refractivity contribution in [3.8, 4) is 17.2 Å². The van der Waals surface area contributed by atoms with Gasteiger partial charge in [0.05, 0.1) is 17.3 Å². The zero-order valence-corrected chi connectivity index (χ0v) is 15.8. The quantitative estimate of drug-likeness (QED) is 0.615. The standard InChI is InChI=1S/C23H22N4O/c1-2-6-22(28)27-21-9-5-14-25-23(21)26-16-17-10-12-18(13-11-17)20-8-4-3-7-19(20)15-24/h3-5,7-14H,2,6,16H2,1H3,(H,25,26)(H,27,28). The lowest BCUT2D eigenvalue weighted by molar-refractivity contribution is -0.116. The Balaban J connectivity index is 1.69. The Morgan fingerprint density at radius 1 is 1.07 bits per heavy atom. The van der Waals surface area contributed by atoms with Crippen LogP contribution in [0.2, 0.25) is 0 Å². The fourth-order valence-corrected chi connectivity index (χ4v) is 2.91. The van der Waals surface area contributed by atoms with Crippen molar-refractivity contribution in [2.45, 2.75) is 26.3 Å². The molecule has 2 N–H and O–H groups in total. The highest BCUT2D eigenvalue weighted by Gasteiger charge is 2.08. The molecule has 0 aliphatic heterocycles. The minimum absolute atomic E-state index is 0.0148. The number of rotatable bonds is 7. The van der Waals surface area contributed by atoms with Crippen LogP contribution in [0.15, 0.2) is 66.9 Å². The third kappa shape index (κ3) is 4.74. The highest BCUT2D eigenvalue weighted by atomic mass is 16.1. The second kappa shape index (κ2) is 9.33. The molecule has 0 aliphatic rings. The minimum atomic E-state index is -0.0148. The van der Waals surface area contributed by atoms with Crippen molar-refractivity contribution in [2.24, 2.45) is 0 Å². The fraction of sp³-hybridized carbons (Fsp3) is 0.174. The summed E-state index contributed by atoms with van der Waals surface area (Å²) in [4.78, 5) is 16.2. The van der Waals surface area contributed by atoms with Gasteiger partial charge in [-0.2, -0.15) is 5.26 Å². The molecule has 0 unspecified atom stereocenters. The molecule has 1 heterocycles. The average Bonchev–Trinajstić information content (AvgIpc) is 2.73. The van der Waals surface area contributed by atoms with E-state index < -0.39 is 0 Å². The molecule has 5 nitrogen and oxygen atoms in total. The topological polar surface area (TPSA) is 77.8 Å². The maximum Gasteiger partial charge on any atom is 0.224 e. The van der Waals surface area contributed by atoms with E-state index in [2.05, 4.69) is 21.7 Å². The Hall–Kier alpha value is -3.65. The summed E-state index contributed by atoms with van der Waals surface area (Å²) in [6, 6.07) is 21.5. The first-order valence-electron chi connectivity index (χ1n) is 9.28. The number of carbonyl (C=O) groups is 1. The van der Waals surface area contributed by atoms with Crippen molar-refractivity contribution >= 4 is 17.4 Å². The first kappa shape index (κ1) is 19.1. The summed E-state index contributed by atoms with van der Waals surface area (Å²) in [6.07, 6.45) is 2.98. The van der Waals surface area contributed by atoms with Crippen LogP contribution in [0.1, 0.15) is 30.9 Å². The van der Waals surface area contributed by atoms with Crippen LogP contribution in [-0.4, -0.2) is 10.9 Å². The number of aromatic nitrogens is 1. The minimum Gasteiger partial charge on any atom is -0.364 e. The van der Waals surface area contributed by atoms with E-state index in [0.29, 0.717) is 30.0 Å². The maximum atomic E-state index is 11.9. The number of nitrogens with one attached hydrogen (secondary N) is 2. The van der Waals surface area contributed by atoms with E-state index in [9.17, 15) is 10.1 Å². The Bertz CT molecular complexity index is 990. The molecule has 0 spiro atoms. The Morgan fingerprint density at radius 2 is 1.86 bits per heavy atom. The number of nitriles is 1. The number of nitrogens with zero attached hydrogens (tertiary/aromatic N) is 2. The third-order valence-corrected chi connectivity index (χ3v) is 4.33. The number of hydrogen-bond acceptors (Lipinski definition) is 4. The molecule has 2 aromatic carbocycles. The van der Waals surface area contributed by atoms with Crippen LogP contribution in [0, 0.1) is 11.3 Å². The van der Waals surface area contributed by atoms with Gasteiger partial charge in [0.15, 0.2) is 0 Å².